The Labute approximate surface area is 196 Å². The molecule has 1 saturated heterocycles. The minimum atomic E-state index is -4.41. The van der Waals surface area contributed by atoms with Crippen molar-refractivity contribution in [1.82, 2.24) is 14.9 Å². The minimum Gasteiger partial charge on any atom is -0.368 e. The van der Waals surface area contributed by atoms with Crippen molar-refractivity contribution in [2.24, 2.45) is 0 Å². The molecule has 34 heavy (non-hydrogen) atoms. The molecule has 3 heterocycles. The largest absolute Gasteiger partial charge is 0.416 e. The summed E-state index contributed by atoms with van der Waals surface area (Å²) < 4.78 is 38.9. The van der Waals surface area contributed by atoms with Crippen LogP contribution in [0.5, 0.6) is 0 Å². The number of anilines is 2. The van der Waals surface area contributed by atoms with Crippen molar-refractivity contribution in [3.63, 3.8) is 0 Å². The molecule has 0 aliphatic carbocycles. The fourth-order valence-electron chi connectivity index (χ4n) is 3.57. The van der Waals surface area contributed by atoms with Gasteiger partial charge in [-0.1, -0.05) is 6.07 Å². The number of H-pyrrole nitrogens is 1. The Morgan fingerprint density at radius 1 is 1.12 bits per heavy atom. The van der Waals surface area contributed by atoms with Gasteiger partial charge in [-0.05, 0) is 30.3 Å². The quantitative estimate of drug-likeness (QED) is 0.572. The standard InChI is InChI=1S/C22H20F3N5O3S/c23-22(24,25)14-3-1-4-16(11-14)29-7-9-30(10-8-29)18(31)12-15-13-34-21(27-15)28-20(33)17-5-2-6-26-19(17)32/h1-6,11,13H,7-10,12H2,(H,26,32)(H,27,28,33). The van der Waals surface area contributed by atoms with Crippen LogP contribution in [0.2, 0.25) is 0 Å². The monoisotopic (exact) mass is 491 g/mol. The number of halogens is 3. The number of aromatic nitrogens is 2. The van der Waals surface area contributed by atoms with E-state index >= 15 is 0 Å². The molecule has 0 unspecified atom stereocenters. The van der Waals surface area contributed by atoms with E-state index in [2.05, 4.69) is 15.3 Å². The predicted molar refractivity (Wildman–Crippen MR) is 121 cm³/mol. The lowest BCUT2D eigenvalue weighted by molar-refractivity contribution is -0.137. The highest BCUT2D eigenvalue weighted by Gasteiger charge is 2.31. The number of nitrogens with one attached hydrogen (secondary N) is 2. The van der Waals surface area contributed by atoms with Gasteiger partial charge in [0.25, 0.3) is 11.5 Å². The van der Waals surface area contributed by atoms with Crippen LogP contribution in [0.25, 0.3) is 0 Å². The summed E-state index contributed by atoms with van der Waals surface area (Å²) in [6.07, 6.45) is -2.95. The SMILES string of the molecule is O=C(Nc1nc(CC(=O)N2CCN(c3cccc(C(F)(F)F)c3)CC2)cs1)c1ccc[nH]c1=O. The Morgan fingerprint density at radius 2 is 1.88 bits per heavy atom. The van der Waals surface area contributed by atoms with Crippen molar-refractivity contribution in [3.8, 4) is 0 Å². The molecule has 4 rings (SSSR count). The van der Waals surface area contributed by atoms with E-state index in [0.717, 1.165) is 23.5 Å². The van der Waals surface area contributed by atoms with Crippen molar-refractivity contribution in [2.75, 3.05) is 36.4 Å². The fourth-order valence-corrected chi connectivity index (χ4v) is 4.28. The molecule has 2 aromatic heterocycles. The first kappa shape index (κ1) is 23.5. The molecule has 8 nitrogen and oxygen atoms in total. The number of carbonyl (C=O) groups is 2. The second kappa shape index (κ2) is 9.67. The maximum Gasteiger partial charge on any atom is 0.416 e. The number of nitrogens with zero attached hydrogens (tertiary/aromatic N) is 3. The summed E-state index contributed by atoms with van der Waals surface area (Å²) in [4.78, 5) is 46.8. The Morgan fingerprint density at radius 3 is 2.59 bits per heavy atom. The summed E-state index contributed by atoms with van der Waals surface area (Å²) in [5, 5.41) is 4.47. The summed E-state index contributed by atoms with van der Waals surface area (Å²) in [5.41, 5.74) is -0.316. The third-order valence-corrected chi connectivity index (χ3v) is 6.14. The molecule has 2 amide bonds. The minimum absolute atomic E-state index is 0.0296. The van der Waals surface area contributed by atoms with Gasteiger partial charge in [0, 0.05) is 43.4 Å². The maximum absolute atomic E-state index is 13.0. The van der Waals surface area contributed by atoms with Gasteiger partial charge in [0.2, 0.25) is 5.91 Å². The number of hydrogen-bond acceptors (Lipinski definition) is 6. The number of aromatic amines is 1. The number of pyridine rings is 1. The van der Waals surface area contributed by atoms with E-state index in [1.165, 1.54) is 24.4 Å². The van der Waals surface area contributed by atoms with E-state index in [1.807, 2.05) is 4.90 Å². The topological polar surface area (TPSA) is 98.4 Å². The maximum atomic E-state index is 13.0. The lowest BCUT2D eigenvalue weighted by atomic mass is 10.1. The Balaban J connectivity index is 1.31. The zero-order valence-corrected chi connectivity index (χ0v) is 18.6. The van der Waals surface area contributed by atoms with E-state index < -0.39 is 23.2 Å². The molecule has 0 atom stereocenters. The van der Waals surface area contributed by atoms with Gasteiger partial charge in [-0.2, -0.15) is 13.2 Å². The van der Waals surface area contributed by atoms with Crippen molar-refractivity contribution in [1.29, 1.82) is 0 Å². The molecule has 0 spiro atoms. The number of hydrogen-bond donors (Lipinski definition) is 2. The van der Waals surface area contributed by atoms with Crippen LogP contribution in [0.1, 0.15) is 21.6 Å². The van der Waals surface area contributed by atoms with Gasteiger partial charge >= 0.3 is 6.18 Å². The van der Waals surface area contributed by atoms with Crippen LogP contribution >= 0.6 is 11.3 Å². The van der Waals surface area contributed by atoms with Crippen LogP contribution < -0.4 is 15.8 Å². The predicted octanol–water partition coefficient (Wildman–Crippen LogP) is 2.99. The highest BCUT2D eigenvalue weighted by Crippen LogP contribution is 2.32. The molecule has 0 radical (unpaired) electrons. The van der Waals surface area contributed by atoms with E-state index in [9.17, 15) is 27.6 Å². The molecular formula is C22H20F3N5O3S. The number of piperazine rings is 1. The van der Waals surface area contributed by atoms with E-state index in [4.69, 9.17) is 0 Å². The van der Waals surface area contributed by atoms with Gasteiger partial charge < -0.3 is 14.8 Å². The first-order valence-electron chi connectivity index (χ1n) is 10.3. The Hall–Kier alpha value is -3.67. The average Bonchev–Trinajstić information content (AvgIpc) is 3.25. The van der Waals surface area contributed by atoms with Crippen LogP contribution in [0.15, 0.2) is 52.8 Å². The van der Waals surface area contributed by atoms with Gasteiger partial charge in [-0.15, -0.1) is 11.3 Å². The first-order valence-corrected chi connectivity index (χ1v) is 11.2. The van der Waals surface area contributed by atoms with Crippen LogP contribution in [-0.4, -0.2) is 52.9 Å². The van der Waals surface area contributed by atoms with Crippen molar-refractivity contribution in [3.05, 3.63) is 75.1 Å². The molecule has 0 saturated carbocycles. The average molecular weight is 491 g/mol. The van der Waals surface area contributed by atoms with E-state index in [0.29, 0.717) is 37.6 Å². The normalized spacial score (nSPS) is 14.2. The Kier molecular flexibility index (Phi) is 6.68. The summed E-state index contributed by atoms with van der Waals surface area (Å²) in [5.74, 6) is -0.758. The van der Waals surface area contributed by atoms with Gasteiger partial charge in [0.1, 0.15) is 5.56 Å². The smallest absolute Gasteiger partial charge is 0.368 e. The fraction of sp³-hybridized carbons (Fsp3) is 0.273. The second-order valence-corrected chi connectivity index (χ2v) is 8.46. The van der Waals surface area contributed by atoms with Crippen molar-refractivity contribution < 1.29 is 22.8 Å². The first-order chi connectivity index (χ1) is 16.2. The molecule has 178 valence electrons. The molecule has 12 heteroatoms. The van der Waals surface area contributed by atoms with Crippen LogP contribution in [0.4, 0.5) is 24.0 Å². The van der Waals surface area contributed by atoms with Crippen LogP contribution in [-0.2, 0) is 17.4 Å². The summed E-state index contributed by atoms with van der Waals surface area (Å²) in [6, 6.07) is 8.08. The van der Waals surface area contributed by atoms with E-state index in [-0.39, 0.29) is 23.0 Å². The molecule has 1 aromatic carbocycles. The summed E-state index contributed by atoms with van der Waals surface area (Å²) in [7, 11) is 0. The van der Waals surface area contributed by atoms with Crippen molar-refractivity contribution in [2.45, 2.75) is 12.6 Å². The third kappa shape index (κ3) is 5.45. The lowest BCUT2D eigenvalue weighted by Crippen LogP contribution is -2.49. The second-order valence-electron chi connectivity index (χ2n) is 7.60. The number of benzene rings is 1. The highest BCUT2D eigenvalue weighted by atomic mass is 32.1. The molecule has 3 aromatic rings. The zero-order valence-electron chi connectivity index (χ0n) is 17.8. The van der Waals surface area contributed by atoms with Gasteiger partial charge in [-0.3, -0.25) is 19.7 Å². The number of carbonyl (C=O) groups excluding carboxylic acids is 2. The molecule has 1 aliphatic rings. The molecule has 0 bridgehead atoms. The molecule has 1 aliphatic heterocycles. The molecule has 1 fully saturated rings. The number of rotatable bonds is 5. The van der Waals surface area contributed by atoms with Crippen LogP contribution in [0, 0.1) is 0 Å². The zero-order chi connectivity index (χ0) is 24.3. The van der Waals surface area contributed by atoms with Crippen molar-refractivity contribution >= 4 is 34.0 Å². The highest BCUT2D eigenvalue weighted by molar-refractivity contribution is 7.14. The van der Waals surface area contributed by atoms with Crippen LogP contribution in [0.3, 0.4) is 0 Å². The lowest BCUT2D eigenvalue weighted by Gasteiger charge is -2.36. The third-order valence-electron chi connectivity index (χ3n) is 5.34. The number of alkyl halides is 3. The Bertz CT molecular complexity index is 1250. The molecule has 2 N–H and O–H groups in total. The summed E-state index contributed by atoms with van der Waals surface area (Å²) in [6.45, 7) is 1.58. The van der Waals surface area contributed by atoms with E-state index in [1.54, 1.807) is 16.3 Å². The molecular weight excluding hydrogens is 471 g/mol. The van der Waals surface area contributed by atoms with Gasteiger partial charge in [0.15, 0.2) is 5.13 Å². The summed E-state index contributed by atoms with van der Waals surface area (Å²) >= 11 is 1.14. The number of amides is 2. The van der Waals surface area contributed by atoms with Gasteiger partial charge in [0.05, 0.1) is 17.7 Å². The van der Waals surface area contributed by atoms with Gasteiger partial charge in [-0.25, -0.2) is 4.98 Å². The number of thiazole rings is 1.